The van der Waals surface area contributed by atoms with Crippen molar-refractivity contribution >= 4 is 17.9 Å². The van der Waals surface area contributed by atoms with E-state index in [1.54, 1.807) is 0 Å². The molecule has 0 unspecified atom stereocenters. The summed E-state index contributed by atoms with van der Waals surface area (Å²) in [5.74, 6) is 0.919. The molecule has 0 aromatic rings. The third kappa shape index (κ3) is 4.16. The fraction of sp³-hybridized carbons (Fsp3) is 0.889. The van der Waals surface area contributed by atoms with Gasteiger partial charge in [-0.15, -0.1) is 0 Å². The normalized spacial score (nSPS) is 44.1. The molecule has 4 saturated carbocycles. The summed E-state index contributed by atoms with van der Waals surface area (Å²) in [5.41, 5.74) is -1.38. The van der Waals surface area contributed by atoms with Gasteiger partial charge in [-0.3, -0.25) is 14.4 Å². The molecule has 0 aromatic carbocycles. The number of aliphatic hydroxyl groups is 1. The molecule has 0 radical (unpaired) electrons. The van der Waals surface area contributed by atoms with Crippen LogP contribution < -0.4 is 0 Å². The maximum absolute atomic E-state index is 12.1. The molecule has 192 valence electrons. The second-order valence-electron chi connectivity index (χ2n) is 12.0. The van der Waals surface area contributed by atoms with Crippen molar-refractivity contribution in [2.45, 2.75) is 110 Å². The Balaban J connectivity index is 1.55. The average Bonchev–Trinajstić information content (AvgIpc) is 3.02. The van der Waals surface area contributed by atoms with Crippen LogP contribution in [0.2, 0.25) is 0 Å². The fourth-order valence-corrected chi connectivity index (χ4v) is 8.80. The second kappa shape index (κ2) is 9.11. The Hall–Kier alpha value is -1.63. The molecule has 9 atom stereocenters. The van der Waals surface area contributed by atoms with Crippen LogP contribution in [0.3, 0.4) is 0 Å². The molecule has 0 amide bonds. The van der Waals surface area contributed by atoms with Crippen molar-refractivity contribution in [3.63, 3.8) is 0 Å². The fourth-order valence-electron chi connectivity index (χ4n) is 8.80. The standard InChI is InChI=1S/C27H42O7/c1-16(28)32-15-24(34-18(3)30)27(31)13-10-23-21-7-6-19-14-20(33-17(2)29)8-11-25(19,4)22(21)9-12-26(23,27)5/h19-24,31H,6-15H2,1-5H3/t19-,20-,21+,22-,23-,24-,25-,26-,27-/m0/s1. The number of carbonyl (C=O) groups is 3. The first-order valence-corrected chi connectivity index (χ1v) is 13.1. The van der Waals surface area contributed by atoms with Crippen molar-refractivity contribution < 1.29 is 33.7 Å². The second-order valence-corrected chi connectivity index (χ2v) is 12.0. The van der Waals surface area contributed by atoms with Gasteiger partial charge in [0.25, 0.3) is 0 Å². The van der Waals surface area contributed by atoms with Gasteiger partial charge in [0, 0.05) is 26.2 Å². The zero-order valence-electron chi connectivity index (χ0n) is 21.4. The Morgan fingerprint density at radius 3 is 2.24 bits per heavy atom. The van der Waals surface area contributed by atoms with Crippen molar-refractivity contribution in [2.75, 3.05) is 6.61 Å². The van der Waals surface area contributed by atoms with E-state index >= 15 is 0 Å². The lowest BCUT2D eigenvalue weighted by molar-refractivity contribution is -0.213. The highest BCUT2D eigenvalue weighted by atomic mass is 16.6. The van der Waals surface area contributed by atoms with Gasteiger partial charge in [0.15, 0.2) is 6.10 Å². The van der Waals surface area contributed by atoms with Gasteiger partial charge in [0.05, 0.1) is 0 Å². The van der Waals surface area contributed by atoms with E-state index in [1.165, 1.54) is 20.8 Å². The Bertz CT molecular complexity index is 826. The molecule has 1 N–H and O–H groups in total. The van der Waals surface area contributed by atoms with Gasteiger partial charge in [-0.25, -0.2) is 0 Å². The number of hydrogen-bond donors (Lipinski definition) is 1. The van der Waals surface area contributed by atoms with Crippen LogP contribution in [0.4, 0.5) is 0 Å². The molecular formula is C27H42O7. The van der Waals surface area contributed by atoms with E-state index in [2.05, 4.69) is 13.8 Å². The van der Waals surface area contributed by atoms with Crippen LogP contribution in [0, 0.1) is 34.5 Å². The molecule has 34 heavy (non-hydrogen) atoms. The molecule has 0 aliphatic heterocycles. The van der Waals surface area contributed by atoms with Crippen LogP contribution in [0.25, 0.3) is 0 Å². The molecule has 0 heterocycles. The van der Waals surface area contributed by atoms with Gasteiger partial charge < -0.3 is 19.3 Å². The molecule has 0 bridgehead atoms. The van der Waals surface area contributed by atoms with Crippen molar-refractivity contribution in [3.8, 4) is 0 Å². The molecule has 4 rings (SSSR count). The zero-order chi connectivity index (χ0) is 24.9. The van der Waals surface area contributed by atoms with Gasteiger partial charge in [-0.1, -0.05) is 13.8 Å². The Kier molecular flexibility index (Phi) is 6.82. The summed E-state index contributed by atoms with van der Waals surface area (Å²) in [7, 11) is 0. The summed E-state index contributed by atoms with van der Waals surface area (Å²) in [4.78, 5) is 34.9. The molecule has 0 spiro atoms. The average molecular weight is 479 g/mol. The van der Waals surface area contributed by atoms with Crippen LogP contribution >= 0.6 is 0 Å². The number of hydrogen-bond acceptors (Lipinski definition) is 7. The molecule has 0 saturated heterocycles. The predicted molar refractivity (Wildman–Crippen MR) is 124 cm³/mol. The number of carbonyl (C=O) groups excluding carboxylic acids is 3. The number of rotatable bonds is 5. The van der Waals surface area contributed by atoms with Crippen LogP contribution in [0.5, 0.6) is 0 Å². The van der Waals surface area contributed by atoms with E-state index in [4.69, 9.17) is 14.2 Å². The van der Waals surface area contributed by atoms with Crippen molar-refractivity contribution in [2.24, 2.45) is 34.5 Å². The molecule has 4 aliphatic carbocycles. The Morgan fingerprint density at radius 1 is 0.882 bits per heavy atom. The molecule has 4 fully saturated rings. The van der Waals surface area contributed by atoms with Gasteiger partial charge >= 0.3 is 17.9 Å². The lowest BCUT2D eigenvalue weighted by atomic mass is 9.44. The van der Waals surface area contributed by atoms with Gasteiger partial charge in [0.2, 0.25) is 0 Å². The lowest BCUT2D eigenvalue weighted by Gasteiger charge is -2.62. The van der Waals surface area contributed by atoms with Crippen LogP contribution in [-0.2, 0) is 28.6 Å². The molecule has 7 heteroatoms. The highest BCUT2D eigenvalue weighted by molar-refractivity contribution is 5.67. The highest BCUT2D eigenvalue weighted by Gasteiger charge is 2.67. The monoisotopic (exact) mass is 478 g/mol. The van der Waals surface area contributed by atoms with E-state index in [-0.39, 0.29) is 24.1 Å². The van der Waals surface area contributed by atoms with Gasteiger partial charge in [0.1, 0.15) is 18.3 Å². The van der Waals surface area contributed by atoms with E-state index in [0.29, 0.717) is 30.1 Å². The number of esters is 3. The summed E-state index contributed by atoms with van der Waals surface area (Å²) in [5, 5.41) is 12.1. The Labute approximate surface area is 203 Å². The van der Waals surface area contributed by atoms with E-state index in [9.17, 15) is 19.5 Å². The van der Waals surface area contributed by atoms with Gasteiger partial charge in [-0.2, -0.15) is 0 Å². The first-order valence-electron chi connectivity index (χ1n) is 13.1. The minimum atomic E-state index is -1.21. The van der Waals surface area contributed by atoms with Crippen molar-refractivity contribution in [1.82, 2.24) is 0 Å². The largest absolute Gasteiger partial charge is 0.463 e. The SMILES string of the molecule is CC(=O)OC[C@H](OC(C)=O)[C@@]1(O)CC[C@H]2[C@@H]3CC[C@H]4C[C@@H](OC(C)=O)CC[C@]4(C)[C@H]3CC[C@@]21C. The zero-order valence-corrected chi connectivity index (χ0v) is 21.4. The minimum absolute atomic E-state index is 0.0447. The maximum Gasteiger partial charge on any atom is 0.303 e. The van der Waals surface area contributed by atoms with Crippen LogP contribution in [0.1, 0.15) is 92.4 Å². The van der Waals surface area contributed by atoms with Crippen LogP contribution in [-0.4, -0.2) is 47.4 Å². The van der Waals surface area contributed by atoms with Crippen molar-refractivity contribution in [1.29, 1.82) is 0 Å². The lowest BCUT2D eigenvalue weighted by Crippen LogP contribution is -2.61. The Morgan fingerprint density at radius 2 is 1.59 bits per heavy atom. The van der Waals surface area contributed by atoms with E-state index in [0.717, 1.165) is 51.4 Å². The molecule has 0 aromatic heterocycles. The van der Waals surface area contributed by atoms with E-state index < -0.39 is 29.1 Å². The summed E-state index contributed by atoms with van der Waals surface area (Å²) < 4.78 is 16.4. The maximum atomic E-state index is 12.1. The highest BCUT2D eigenvalue weighted by Crippen LogP contribution is 2.69. The number of fused-ring (bicyclic) bond motifs is 5. The quantitative estimate of drug-likeness (QED) is 0.467. The van der Waals surface area contributed by atoms with Crippen molar-refractivity contribution in [3.05, 3.63) is 0 Å². The van der Waals surface area contributed by atoms with E-state index in [1.807, 2.05) is 0 Å². The topological polar surface area (TPSA) is 99.1 Å². The molecular weight excluding hydrogens is 436 g/mol. The summed E-state index contributed by atoms with van der Waals surface area (Å²) in [6.07, 6.45) is 7.74. The van der Waals surface area contributed by atoms with Gasteiger partial charge in [-0.05, 0) is 86.9 Å². The number of ether oxygens (including phenoxy) is 3. The predicted octanol–water partition coefficient (Wildman–Crippen LogP) is 4.19. The summed E-state index contributed by atoms with van der Waals surface area (Å²) >= 11 is 0. The third-order valence-electron chi connectivity index (χ3n) is 10.4. The third-order valence-corrected chi connectivity index (χ3v) is 10.4. The smallest absolute Gasteiger partial charge is 0.303 e. The summed E-state index contributed by atoms with van der Waals surface area (Å²) in [6, 6.07) is 0. The van der Waals surface area contributed by atoms with Crippen LogP contribution in [0.15, 0.2) is 0 Å². The molecule has 7 nitrogen and oxygen atoms in total. The summed E-state index contributed by atoms with van der Waals surface area (Å²) in [6.45, 7) is 8.66. The molecule has 4 aliphatic rings. The first kappa shape index (κ1) is 25.5. The minimum Gasteiger partial charge on any atom is -0.463 e. The first-order chi connectivity index (χ1) is 15.9.